The summed E-state index contributed by atoms with van der Waals surface area (Å²) in [5, 5.41) is 2.80. The van der Waals surface area contributed by atoms with Crippen LogP contribution in [0, 0.1) is 9.49 Å². The van der Waals surface area contributed by atoms with E-state index in [1.807, 2.05) is 0 Å². The second-order valence-corrected chi connectivity index (χ2v) is 7.26. The molecule has 0 heterocycles. The van der Waals surface area contributed by atoms with Crippen LogP contribution in [0.25, 0.3) is 0 Å². The molecule has 7 nitrogen and oxygen atoms in total. The van der Waals surface area contributed by atoms with Crippen molar-refractivity contribution in [2.24, 2.45) is 5.92 Å². The quantitative estimate of drug-likeness (QED) is 0.454. The van der Waals surface area contributed by atoms with Crippen molar-refractivity contribution in [2.75, 3.05) is 12.4 Å². The highest BCUT2D eigenvalue weighted by atomic mass is 127. The molecule has 1 aliphatic rings. The molecule has 8 heteroatoms. The monoisotopic (exact) mass is 479 g/mol. The second kappa shape index (κ2) is 8.38. The minimum absolute atomic E-state index is 0.00795. The summed E-state index contributed by atoms with van der Waals surface area (Å²) in [6.45, 7) is 0. The summed E-state index contributed by atoms with van der Waals surface area (Å²) in [5.41, 5.74) is 6.16. The Hall–Kier alpha value is -2.62. The van der Waals surface area contributed by atoms with Gasteiger partial charge in [0.1, 0.15) is 5.75 Å². The summed E-state index contributed by atoms with van der Waals surface area (Å²) in [5.74, 6) is -0.0910. The maximum absolute atomic E-state index is 12.2. The second-order valence-electron chi connectivity index (χ2n) is 6.10. The molecule has 140 valence electrons. The summed E-state index contributed by atoms with van der Waals surface area (Å²) in [7, 11) is 1.56. The van der Waals surface area contributed by atoms with Crippen molar-refractivity contribution in [3.8, 4) is 5.75 Å². The van der Waals surface area contributed by atoms with Crippen molar-refractivity contribution in [3.63, 3.8) is 0 Å². The van der Waals surface area contributed by atoms with Gasteiger partial charge in [0.05, 0.1) is 10.7 Å². The van der Waals surface area contributed by atoms with Crippen LogP contribution < -0.4 is 20.9 Å². The first-order chi connectivity index (χ1) is 13.0. The third-order valence-electron chi connectivity index (χ3n) is 4.07. The molecule has 0 unspecified atom stereocenters. The molecule has 0 saturated heterocycles. The molecule has 2 aromatic carbocycles. The molecule has 1 saturated carbocycles. The normalized spacial score (nSPS) is 12.8. The molecule has 0 spiro atoms. The summed E-state index contributed by atoms with van der Waals surface area (Å²) in [6, 6.07) is 11.4. The van der Waals surface area contributed by atoms with Gasteiger partial charge in [-0.2, -0.15) is 0 Å². The first kappa shape index (κ1) is 19.2. The van der Waals surface area contributed by atoms with Crippen LogP contribution in [0.5, 0.6) is 5.75 Å². The van der Waals surface area contributed by atoms with Gasteiger partial charge in [-0.15, -0.1) is 0 Å². The third kappa shape index (κ3) is 4.97. The number of hydrazine groups is 1. The molecule has 0 radical (unpaired) electrons. The van der Waals surface area contributed by atoms with Gasteiger partial charge in [0.2, 0.25) is 5.91 Å². The van der Waals surface area contributed by atoms with E-state index in [4.69, 9.17) is 4.74 Å². The fraction of sp³-hybridized carbons (Fsp3) is 0.211. The Kier molecular flexibility index (Phi) is 5.94. The number of anilines is 1. The Morgan fingerprint density at radius 3 is 2.11 bits per heavy atom. The zero-order valence-corrected chi connectivity index (χ0v) is 16.7. The SMILES string of the molecule is COc1ccc(C(=O)NNC(=O)c2ccc(NC(=O)C3CC3)cc2)cc1I. The molecule has 0 aliphatic heterocycles. The van der Waals surface area contributed by atoms with Crippen molar-refractivity contribution in [3.05, 3.63) is 57.2 Å². The number of halogens is 1. The number of hydrogen-bond donors (Lipinski definition) is 3. The Balaban J connectivity index is 1.54. The maximum Gasteiger partial charge on any atom is 0.269 e. The van der Waals surface area contributed by atoms with E-state index in [2.05, 4.69) is 38.8 Å². The lowest BCUT2D eigenvalue weighted by molar-refractivity contribution is -0.117. The van der Waals surface area contributed by atoms with Gasteiger partial charge in [-0.3, -0.25) is 25.2 Å². The number of hydrogen-bond acceptors (Lipinski definition) is 4. The first-order valence-corrected chi connectivity index (χ1v) is 9.41. The fourth-order valence-electron chi connectivity index (χ4n) is 2.36. The summed E-state index contributed by atoms with van der Waals surface area (Å²) in [4.78, 5) is 36.0. The summed E-state index contributed by atoms with van der Waals surface area (Å²) >= 11 is 2.07. The van der Waals surface area contributed by atoms with Gasteiger partial charge in [-0.25, -0.2) is 0 Å². The molecule has 0 aromatic heterocycles. The zero-order chi connectivity index (χ0) is 19.4. The van der Waals surface area contributed by atoms with Crippen molar-refractivity contribution < 1.29 is 19.1 Å². The number of carbonyl (C=O) groups is 3. The van der Waals surface area contributed by atoms with E-state index in [-0.39, 0.29) is 11.8 Å². The van der Waals surface area contributed by atoms with Crippen LogP contribution in [0.4, 0.5) is 5.69 Å². The van der Waals surface area contributed by atoms with Gasteiger partial charge in [0.15, 0.2) is 0 Å². The third-order valence-corrected chi connectivity index (χ3v) is 4.91. The molecular weight excluding hydrogens is 461 g/mol. The van der Waals surface area contributed by atoms with E-state index < -0.39 is 11.8 Å². The number of carbonyl (C=O) groups excluding carboxylic acids is 3. The largest absolute Gasteiger partial charge is 0.496 e. The number of rotatable bonds is 5. The van der Waals surface area contributed by atoms with Gasteiger partial charge in [0, 0.05) is 22.7 Å². The minimum Gasteiger partial charge on any atom is -0.496 e. The fourth-order valence-corrected chi connectivity index (χ4v) is 3.10. The first-order valence-electron chi connectivity index (χ1n) is 8.33. The number of nitrogens with one attached hydrogen (secondary N) is 3. The van der Waals surface area contributed by atoms with Crippen LogP contribution in [-0.2, 0) is 4.79 Å². The van der Waals surface area contributed by atoms with E-state index in [1.54, 1.807) is 49.6 Å². The van der Waals surface area contributed by atoms with Crippen LogP contribution in [0.1, 0.15) is 33.6 Å². The van der Waals surface area contributed by atoms with Gasteiger partial charge >= 0.3 is 0 Å². The maximum atomic E-state index is 12.2. The van der Waals surface area contributed by atoms with Crippen LogP contribution in [-0.4, -0.2) is 24.8 Å². The van der Waals surface area contributed by atoms with Crippen LogP contribution in [0.3, 0.4) is 0 Å². The lowest BCUT2D eigenvalue weighted by Crippen LogP contribution is -2.41. The Labute approximate surface area is 170 Å². The van der Waals surface area contributed by atoms with Gasteiger partial charge in [0.25, 0.3) is 11.8 Å². The molecule has 0 bridgehead atoms. The molecule has 27 heavy (non-hydrogen) atoms. The molecule has 3 rings (SSSR count). The van der Waals surface area contributed by atoms with Crippen molar-refractivity contribution in [2.45, 2.75) is 12.8 Å². The summed E-state index contributed by atoms with van der Waals surface area (Å²) < 4.78 is 5.94. The smallest absolute Gasteiger partial charge is 0.269 e. The van der Waals surface area contributed by atoms with E-state index >= 15 is 0 Å². The number of ether oxygens (including phenoxy) is 1. The Morgan fingerprint density at radius 2 is 1.56 bits per heavy atom. The molecule has 0 atom stereocenters. The Morgan fingerprint density at radius 1 is 0.963 bits per heavy atom. The van der Waals surface area contributed by atoms with Gasteiger partial charge in [-0.1, -0.05) is 0 Å². The summed E-state index contributed by atoms with van der Waals surface area (Å²) in [6.07, 6.45) is 1.86. The predicted molar refractivity (Wildman–Crippen MR) is 108 cm³/mol. The van der Waals surface area contributed by atoms with Crippen molar-refractivity contribution in [1.29, 1.82) is 0 Å². The average molecular weight is 479 g/mol. The van der Waals surface area contributed by atoms with E-state index in [1.165, 1.54) is 0 Å². The van der Waals surface area contributed by atoms with E-state index in [0.717, 1.165) is 16.4 Å². The number of amides is 3. The van der Waals surface area contributed by atoms with Crippen LogP contribution in [0.2, 0.25) is 0 Å². The molecule has 3 N–H and O–H groups in total. The van der Waals surface area contributed by atoms with E-state index in [9.17, 15) is 14.4 Å². The number of benzene rings is 2. The molecule has 1 fully saturated rings. The van der Waals surface area contributed by atoms with Gasteiger partial charge in [-0.05, 0) is 77.9 Å². The highest BCUT2D eigenvalue weighted by Crippen LogP contribution is 2.30. The highest BCUT2D eigenvalue weighted by molar-refractivity contribution is 14.1. The standard InChI is InChI=1S/C19H18IN3O4/c1-27-16-9-6-13(10-15(16)20)19(26)23-22-18(25)12-4-7-14(8-5-12)21-17(24)11-2-3-11/h4-11H,2-3H2,1H3,(H,21,24)(H,22,25)(H,23,26). The predicted octanol–water partition coefficient (Wildman–Crippen LogP) is 2.72. The van der Waals surface area contributed by atoms with E-state index in [0.29, 0.717) is 22.6 Å². The van der Waals surface area contributed by atoms with Crippen molar-refractivity contribution in [1.82, 2.24) is 10.9 Å². The number of methoxy groups -OCH3 is 1. The van der Waals surface area contributed by atoms with Crippen LogP contribution >= 0.6 is 22.6 Å². The molecule has 2 aromatic rings. The van der Waals surface area contributed by atoms with Crippen molar-refractivity contribution >= 4 is 46.0 Å². The highest BCUT2D eigenvalue weighted by Gasteiger charge is 2.29. The topological polar surface area (TPSA) is 96.5 Å². The molecule has 3 amide bonds. The molecular formula is C19H18IN3O4. The zero-order valence-electron chi connectivity index (χ0n) is 14.5. The lowest BCUT2D eigenvalue weighted by Gasteiger charge is -2.10. The molecule has 1 aliphatic carbocycles. The average Bonchev–Trinajstić information content (AvgIpc) is 3.51. The lowest BCUT2D eigenvalue weighted by atomic mass is 10.2. The van der Waals surface area contributed by atoms with Crippen LogP contribution in [0.15, 0.2) is 42.5 Å². The Bertz CT molecular complexity index is 879. The van der Waals surface area contributed by atoms with Gasteiger partial charge < -0.3 is 10.1 Å². The minimum atomic E-state index is -0.452.